The summed E-state index contributed by atoms with van der Waals surface area (Å²) in [6.07, 6.45) is 2.50. The lowest BCUT2D eigenvalue weighted by Crippen LogP contribution is -2.39. The Morgan fingerprint density at radius 3 is 3.07 bits per heavy atom. The lowest BCUT2D eigenvalue weighted by molar-refractivity contribution is -0.125. The predicted octanol–water partition coefficient (Wildman–Crippen LogP) is 1.49. The van der Waals surface area contributed by atoms with Gasteiger partial charge in [-0.3, -0.25) is 14.7 Å². The van der Waals surface area contributed by atoms with Gasteiger partial charge in [0.15, 0.2) is 0 Å². The molecule has 0 unspecified atom stereocenters. The third kappa shape index (κ3) is 2.63. The molecule has 1 aromatic rings. The number of hydrogen-bond acceptors (Lipinski definition) is 3. The highest BCUT2D eigenvalue weighted by Gasteiger charge is 2.23. The van der Waals surface area contributed by atoms with Gasteiger partial charge in [0.2, 0.25) is 0 Å². The molecule has 0 bridgehead atoms. The molecule has 0 aliphatic carbocycles. The molecular formula is C12H16N2O. The maximum Gasteiger partial charge on any atom is 0.138 e. The molecule has 1 fully saturated rings. The summed E-state index contributed by atoms with van der Waals surface area (Å²) in [5.74, 6) is 0.578. The molecule has 2 heterocycles. The summed E-state index contributed by atoms with van der Waals surface area (Å²) in [5, 5.41) is 0. The molecule has 1 atom stereocenters. The summed E-state index contributed by atoms with van der Waals surface area (Å²) >= 11 is 0. The quantitative estimate of drug-likeness (QED) is 0.731. The molecule has 3 nitrogen and oxygen atoms in total. The van der Waals surface area contributed by atoms with Crippen molar-refractivity contribution in [3.63, 3.8) is 0 Å². The number of nitrogens with zero attached hydrogens (tertiary/aromatic N) is 2. The van der Waals surface area contributed by atoms with Crippen LogP contribution in [0.3, 0.4) is 0 Å². The average Bonchev–Trinajstić information content (AvgIpc) is 2.25. The number of pyridine rings is 1. The molecule has 0 amide bonds. The van der Waals surface area contributed by atoms with E-state index in [0.29, 0.717) is 12.2 Å². The van der Waals surface area contributed by atoms with E-state index in [1.165, 1.54) is 0 Å². The van der Waals surface area contributed by atoms with Gasteiger partial charge in [0.1, 0.15) is 5.78 Å². The number of carbonyl (C=O) groups excluding carboxylic acids is 1. The number of likely N-dealkylation sites (tertiary alicyclic amines) is 1. The maximum absolute atomic E-state index is 11.3. The Hall–Kier alpha value is -1.22. The van der Waals surface area contributed by atoms with Crippen molar-refractivity contribution in [1.29, 1.82) is 0 Å². The molecular weight excluding hydrogens is 188 g/mol. The summed E-state index contributed by atoms with van der Waals surface area (Å²) < 4.78 is 0. The highest BCUT2D eigenvalue weighted by Crippen LogP contribution is 2.14. The van der Waals surface area contributed by atoms with Gasteiger partial charge in [-0.2, -0.15) is 0 Å². The van der Waals surface area contributed by atoms with Crippen LogP contribution in [-0.4, -0.2) is 28.8 Å². The lowest BCUT2D eigenvalue weighted by atomic mass is 9.98. The molecule has 0 aromatic carbocycles. The molecule has 80 valence electrons. The molecule has 0 radical (unpaired) electrons. The Balaban J connectivity index is 1.94. The number of rotatable bonds is 2. The van der Waals surface area contributed by atoms with Gasteiger partial charge in [0, 0.05) is 38.2 Å². The zero-order valence-electron chi connectivity index (χ0n) is 9.02. The second kappa shape index (κ2) is 4.53. The van der Waals surface area contributed by atoms with Crippen LogP contribution in [0.5, 0.6) is 0 Å². The smallest absolute Gasteiger partial charge is 0.138 e. The van der Waals surface area contributed by atoms with Gasteiger partial charge < -0.3 is 0 Å². The van der Waals surface area contributed by atoms with Crippen LogP contribution in [0.4, 0.5) is 0 Å². The Labute approximate surface area is 90.1 Å². The fraction of sp³-hybridized carbons (Fsp3) is 0.500. The summed E-state index contributed by atoms with van der Waals surface area (Å²) in [7, 11) is 0. The summed E-state index contributed by atoms with van der Waals surface area (Å²) in [6.45, 7) is 4.61. The molecule has 1 aliphatic heterocycles. The van der Waals surface area contributed by atoms with E-state index in [2.05, 4.69) is 9.88 Å². The summed E-state index contributed by atoms with van der Waals surface area (Å²) in [6, 6.07) is 5.95. The van der Waals surface area contributed by atoms with E-state index in [0.717, 1.165) is 25.3 Å². The normalized spacial score (nSPS) is 23.0. The highest BCUT2D eigenvalue weighted by molar-refractivity contribution is 5.81. The van der Waals surface area contributed by atoms with Crippen molar-refractivity contribution >= 4 is 5.78 Å². The van der Waals surface area contributed by atoms with Crippen molar-refractivity contribution in [3.05, 3.63) is 30.1 Å². The molecule has 2 rings (SSSR count). The zero-order chi connectivity index (χ0) is 10.7. The van der Waals surface area contributed by atoms with E-state index >= 15 is 0 Å². The minimum absolute atomic E-state index is 0.183. The van der Waals surface area contributed by atoms with Crippen LogP contribution in [0.25, 0.3) is 0 Å². The van der Waals surface area contributed by atoms with Crippen molar-refractivity contribution in [3.8, 4) is 0 Å². The number of hydrogen-bond donors (Lipinski definition) is 0. The van der Waals surface area contributed by atoms with Crippen LogP contribution in [0.2, 0.25) is 0 Å². The fourth-order valence-corrected chi connectivity index (χ4v) is 1.96. The van der Waals surface area contributed by atoms with Crippen molar-refractivity contribution < 1.29 is 4.79 Å². The molecule has 1 aliphatic rings. The van der Waals surface area contributed by atoms with Crippen LogP contribution in [0.15, 0.2) is 24.4 Å². The van der Waals surface area contributed by atoms with Gasteiger partial charge in [-0.15, -0.1) is 0 Å². The van der Waals surface area contributed by atoms with E-state index in [1.54, 1.807) is 0 Å². The predicted molar refractivity (Wildman–Crippen MR) is 58.3 cm³/mol. The van der Waals surface area contributed by atoms with E-state index < -0.39 is 0 Å². The van der Waals surface area contributed by atoms with E-state index in [-0.39, 0.29) is 5.92 Å². The lowest BCUT2D eigenvalue weighted by Gasteiger charge is -2.29. The van der Waals surface area contributed by atoms with E-state index in [4.69, 9.17) is 0 Å². The van der Waals surface area contributed by atoms with Crippen LogP contribution in [-0.2, 0) is 11.3 Å². The van der Waals surface area contributed by atoms with Crippen LogP contribution in [0.1, 0.15) is 19.0 Å². The van der Waals surface area contributed by atoms with Crippen molar-refractivity contribution in [2.45, 2.75) is 19.9 Å². The van der Waals surface area contributed by atoms with Gasteiger partial charge in [-0.25, -0.2) is 0 Å². The summed E-state index contributed by atoms with van der Waals surface area (Å²) in [5.41, 5.74) is 1.08. The van der Waals surface area contributed by atoms with Crippen LogP contribution < -0.4 is 0 Å². The van der Waals surface area contributed by atoms with Gasteiger partial charge in [-0.1, -0.05) is 13.0 Å². The minimum Gasteiger partial charge on any atom is -0.299 e. The second-order valence-corrected chi connectivity index (χ2v) is 4.17. The first-order chi connectivity index (χ1) is 7.25. The molecule has 1 saturated heterocycles. The van der Waals surface area contributed by atoms with Crippen molar-refractivity contribution in [1.82, 2.24) is 9.88 Å². The molecule has 15 heavy (non-hydrogen) atoms. The number of ketones is 1. The number of piperidine rings is 1. The van der Waals surface area contributed by atoms with Gasteiger partial charge in [-0.05, 0) is 12.1 Å². The number of Topliss-reactive ketones (excluding diaryl/α,β-unsaturated/α-hetero) is 1. The second-order valence-electron chi connectivity index (χ2n) is 4.17. The third-order valence-electron chi connectivity index (χ3n) is 2.87. The molecule has 3 heteroatoms. The molecule has 0 spiro atoms. The minimum atomic E-state index is 0.183. The largest absolute Gasteiger partial charge is 0.299 e. The Morgan fingerprint density at radius 2 is 2.40 bits per heavy atom. The molecule has 0 saturated carbocycles. The zero-order valence-corrected chi connectivity index (χ0v) is 9.02. The van der Waals surface area contributed by atoms with Gasteiger partial charge in [0.25, 0.3) is 0 Å². The van der Waals surface area contributed by atoms with E-state index in [9.17, 15) is 4.79 Å². The van der Waals surface area contributed by atoms with Crippen molar-refractivity contribution in [2.24, 2.45) is 5.92 Å². The summed E-state index contributed by atoms with van der Waals surface area (Å²) in [4.78, 5) is 17.9. The first-order valence-electron chi connectivity index (χ1n) is 5.40. The number of carbonyl (C=O) groups is 1. The Kier molecular flexibility index (Phi) is 3.11. The maximum atomic E-state index is 11.3. The standard InChI is InChI=1S/C12H16N2O/c1-10-8-14(7-5-12(10)15)9-11-4-2-3-6-13-11/h2-4,6,10H,5,7-9H2,1H3/t10-/m1/s1. The monoisotopic (exact) mass is 204 g/mol. The molecule has 0 N–H and O–H groups in total. The molecule has 1 aromatic heterocycles. The Bertz CT molecular complexity index is 337. The number of aromatic nitrogens is 1. The first kappa shape index (κ1) is 10.3. The van der Waals surface area contributed by atoms with Crippen LogP contribution >= 0.6 is 0 Å². The van der Waals surface area contributed by atoms with Crippen LogP contribution in [0, 0.1) is 5.92 Å². The highest BCUT2D eigenvalue weighted by atomic mass is 16.1. The van der Waals surface area contributed by atoms with E-state index in [1.807, 2.05) is 31.3 Å². The van der Waals surface area contributed by atoms with Gasteiger partial charge >= 0.3 is 0 Å². The fourth-order valence-electron chi connectivity index (χ4n) is 1.96. The topological polar surface area (TPSA) is 33.2 Å². The van der Waals surface area contributed by atoms with Crippen molar-refractivity contribution in [2.75, 3.05) is 13.1 Å². The Morgan fingerprint density at radius 1 is 1.53 bits per heavy atom. The third-order valence-corrected chi connectivity index (χ3v) is 2.87. The van der Waals surface area contributed by atoms with Gasteiger partial charge in [0.05, 0.1) is 5.69 Å². The average molecular weight is 204 g/mol. The SMILES string of the molecule is C[C@@H]1CN(Cc2ccccn2)CCC1=O. The first-order valence-corrected chi connectivity index (χ1v) is 5.40.